The summed E-state index contributed by atoms with van der Waals surface area (Å²) in [4.78, 5) is 3.99. The SMILES string of the molecule is CC(C)(C)c1cc(-c2ccc(C(F)(F)F)cn2)cc(C(C)(C)C)c1O. The molecular weight excluding hydrogens is 327 g/mol. The lowest BCUT2D eigenvalue weighted by molar-refractivity contribution is -0.137. The average molecular weight is 351 g/mol. The smallest absolute Gasteiger partial charge is 0.417 e. The molecule has 1 aromatic heterocycles. The van der Waals surface area contributed by atoms with Gasteiger partial charge in [0.25, 0.3) is 0 Å². The van der Waals surface area contributed by atoms with Gasteiger partial charge in [0.05, 0.1) is 11.3 Å². The molecule has 0 unspecified atom stereocenters. The number of aromatic hydroxyl groups is 1. The maximum absolute atomic E-state index is 12.7. The molecule has 0 spiro atoms. The first-order valence-electron chi connectivity index (χ1n) is 8.13. The Morgan fingerprint density at radius 2 is 1.32 bits per heavy atom. The quantitative estimate of drug-likeness (QED) is 0.676. The van der Waals surface area contributed by atoms with E-state index in [-0.39, 0.29) is 16.6 Å². The van der Waals surface area contributed by atoms with Crippen LogP contribution in [0.5, 0.6) is 5.75 Å². The number of hydrogen-bond acceptors (Lipinski definition) is 2. The van der Waals surface area contributed by atoms with E-state index in [2.05, 4.69) is 4.98 Å². The Morgan fingerprint density at radius 3 is 1.64 bits per heavy atom. The number of hydrogen-bond donors (Lipinski definition) is 1. The van der Waals surface area contributed by atoms with E-state index in [1.807, 2.05) is 41.5 Å². The molecule has 1 aromatic carbocycles. The monoisotopic (exact) mass is 351 g/mol. The Kier molecular flexibility index (Phi) is 4.66. The normalized spacial score (nSPS) is 13.2. The molecule has 0 aliphatic carbocycles. The Morgan fingerprint density at radius 1 is 0.840 bits per heavy atom. The third kappa shape index (κ3) is 4.14. The molecule has 1 N–H and O–H groups in total. The van der Waals surface area contributed by atoms with Crippen molar-refractivity contribution in [2.24, 2.45) is 0 Å². The molecule has 2 rings (SSSR count). The molecule has 0 fully saturated rings. The van der Waals surface area contributed by atoms with Crippen LogP contribution in [0.25, 0.3) is 11.3 Å². The van der Waals surface area contributed by atoms with Gasteiger partial charge in [0.1, 0.15) is 5.75 Å². The summed E-state index contributed by atoms with van der Waals surface area (Å²) in [5.74, 6) is 0.232. The number of phenols is 1. The summed E-state index contributed by atoms with van der Waals surface area (Å²) in [7, 11) is 0. The van der Waals surface area contributed by atoms with Crippen LogP contribution < -0.4 is 0 Å². The second-order valence-electron chi connectivity index (χ2n) is 8.35. The van der Waals surface area contributed by atoms with E-state index in [0.717, 1.165) is 23.4 Å². The number of alkyl halides is 3. The third-order valence-electron chi connectivity index (χ3n) is 4.11. The van der Waals surface area contributed by atoms with Gasteiger partial charge in [-0.3, -0.25) is 4.98 Å². The van der Waals surface area contributed by atoms with Crippen LogP contribution >= 0.6 is 0 Å². The molecule has 25 heavy (non-hydrogen) atoms. The van der Waals surface area contributed by atoms with Crippen molar-refractivity contribution in [1.82, 2.24) is 4.98 Å². The van der Waals surface area contributed by atoms with Crippen LogP contribution in [0.2, 0.25) is 0 Å². The number of nitrogens with zero attached hydrogens (tertiary/aromatic N) is 1. The Labute approximate surface area is 146 Å². The molecule has 0 aliphatic rings. The van der Waals surface area contributed by atoms with Gasteiger partial charge in [-0.15, -0.1) is 0 Å². The highest BCUT2D eigenvalue weighted by atomic mass is 19.4. The lowest BCUT2D eigenvalue weighted by atomic mass is 9.78. The fourth-order valence-corrected chi connectivity index (χ4v) is 2.66. The summed E-state index contributed by atoms with van der Waals surface area (Å²) in [5, 5.41) is 10.7. The molecule has 0 saturated heterocycles. The van der Waals surface area contributed by atoms with E-state index in [1.165, 1.54) is 6.07 Å². The molecule has 0 radical (unpaired) electrons. The molecule has 0 amide bonds. The second-order valence-corrected chi connectivity index (χ2v) is 8.35. The predicted molar refractivity (Wildman–Crippen MR) is 93.7 cm³/mol. The highest BCUT2D eigenvalue weighted by Crippen LogP contribution is 2.41. The highest BCUT2D eigenvalue weighted by molar-refractivity contribution is 5.66. The fourth-order valence-electron chi connectivity index (χ4n) is 2.66. The zero-order chi connectivity index (χ0) is 19.2. The maximum atomic E-state index is 12.7. The first kappa shape index (κ1) is 19.3. The van der Waals surface area contributed by atoms with Gasteiger partial charge in [-0.1, -0.05) is 41.5 Å². The van der Waals surface area contributed by atoms with Gasteiger partial charge >= 0.3 is 6.18 Å². The predicted octanol–water partition coefficient (Wildman–Crippen LogP) is 6.07. The summed E-state index contributed by atoms with van der Waals surface area (Å²) in [5.41, 5.74) is 1.23. The standard InChI is InChI=1S/C20H24F3NO/c1-18(2,3)14-9-12(10-15(17(14)25)19(4,5)6)16-8-7-13(11-24-16)20(21,22)23/h7-11,25H,1-6H3. The van der Waals surface area contributed by atoms with Crippen LogP contribution in [-0.2, 0) is 17.0 Å². The minimum atomic E-state index is -4.41. The van der Waals surface area contributed by atoms with E-state index in [9.17, 15) is 18.3 Å². The lowest BCUT2D eigenvalue weighted by Gasteiger charge is -2.28. The molecule has 5 heteroatoms. The molecule has 0 bridgehead atoms. The highest BCUT2D eigenvalue weighted by Gasteiger charge is 2.31. The van der Waals surface area contributed by atoms with Gasteiger partial charge in [-0.2, -0.15) is 13.2 Å². The van der Waals surface area contributed by atoms with Gasteiger partial charge in [0, 0.05) is 22.9 Å². The van der Waals surface area contributed by atoms with Crippen LogP contribution in [0.4, 0.5) is 13.2 Å². The number of aromatic nitrogens is 1. The first-order valence-corrected chi connectivity index (χ1v) is 8.13. The molecule has 1 heterocycles. The van der Waals surface area contributed by atoms with Crippen molar-refractivity contribution >= 4 is 0 Å². The summed E-state index contributed by atoms with van der Waals surface area (Å²) in [6, 6.07) is 6.01. The largest absolute Gasteiger partial charge is 0.507 e. The van der Waals surface area contributed by atoms with E-state index >= 15 is 0 Å². The van der Waals surface area contributed by atoms with Gasteiger partial charge < -0.3 is 5.11 Å². The molecule has 0 atom stereocenters. The number of halogens is 3. The maximum Gasteiger partial charge on any atom is 0.417 e. The molecular formula is C20H24F3NO. The molecule has 0 aliphatic heterocycles. The second kappa shape index (κ2) is 6.04. The average Bonchev–Trinajstić information content (AvgIpc) is 2.44. The molecule has 2 nitrogen and oxygen atoms in total. The van der Waals surface area contributed by atoms with Crippen LogP contribution in [-0.4, -0.2) is 10.1 Å². The van der Waals surface area contributed by atoms with Crippen LogP contribution in [0.15, 0.2) is 30.5 Å². The van der Waals surface area contributed by atoms with Crippen LogP contribution in [0.1, 0.15) is 58.2 Å². The lowest BCUT2D eigenvalue weighted by Crippen LogP contribution is -2.17. The van der Waals surface area contributed by atoms with Gasteiger partial charge in [0.2, 0.25) is 0 Å². The number of phenolic OH excluding ortho intramolecular Hbond substituents is 1. The minimum Gasteiger partial charge on any atom is -0.507 e. The van der Waals surface area contributed by atoms with Crippen molar-refractivity contribution < 1.29 is 18.3 Å². The van der Waals surface area contributed by atoms with Crippen molar-refractivity contribution in [2.75, 3.05) is 0 Å². The number of rotatable bonds is 1. The van der Waals surface area contributed by atoms with E-state index in [4.69, 9.17) is 0 Å². The molecule has 136 valence electrons. The topological polar surface area (TPSA) is 33.1 Å². The summed E-state index contributed by atoms with van der Waals surface area (Å²) < 4.78 is 38.2. The number of pyridine rings is 1. The minimum absolute atomic E-state index is 0.232. The van der Waals surface area contributed by atoms with Gasteiger partial charge in [0.15, 0.2) is 0 Å². The number of benzene rings is 1. The van der Waals surface area contributed by atoms with Crippen molar-refractivity contribution in [3.63, 3.8) is 0 Å². The molecule has 0 saturated carbocycles. The van der Waals surface area contributed by atoms with Crippen LogP contribution in [0, 0.1) is 0 Å². The summed E-state index contributed by atoms with van der Waals surface area (Å²) in [6.07, 6.45) is -3.57. The van der Waals surface area contributed by atoms with Gasteiger partial charge in [-0.05, 0) is 35.1 Å². The Hall–Kier alpha value is -2.04. The zero-order valence-corrected chi connectivity index (χ0v) is 15.4. The van der Waals surface area contributed by atoms with E-state index < -0.39 is 11.7 Å². The zero-order valence-electron chi connectivity index (χ0n) is 15.4. The molecule has 2 aromatic rings. The van der Waals surface area contributed by atoms with E-state index in [0.29, 0.717) is 11.3 Å². The Bertz CT molecular complexity index is 728. The van der Waals surface area contributed by atoms with Crippen molar-refractivity contribution in [3.05, 3.63) is 47.2 Å². The van der Waals surface area contributed by atoms with Gasteiger partial charge in [-0.25, -0.2) is 0 Å². The first-order chi connectivity index (χ1) is 11.2. The Balaban J connectivity index is 2.66. The van der Waals surface area contributed by atoms with Crippen molar-refractivity contribution in [2.45, 2.75) is 58.5 Å². The van der Waals surface area contributed by atoms with E-state index in [1.54, 1.807) is 12.1 Å². The summed E-state index contributed by atoms with van der Waals surface area (Å²) >= 11 is 0. The van der Waals surface area contributed by atoms with Crippen molar-refractivity contribution in [3.8, 4) is 17.0 Å². The summed E-state index contributed by atoms with van der Waals surface area (Å²) in [6.45, 7) is 11.9. The van der Waals surface area contributed by atoms with Crippen molar-refractivity contribution in [1.29, 1.82) is 0 Å². The van der Waals surface area contributed by atoms with Crippen LogP contribution in [0.3, 0.4) is 0 Å². The fraction of sp³-hybridized carbons (Fsp3) is 0.450. The third-order valence-corrected chi connectivity index (χ3v) is 4.11.